The van der Waals surface area contributed by atoms with E-state index in [1.807, 2.05) is 0 Å². The predicted octanol–water partition coefficient (Wildman–Crippen LogP) is 2.35. The summed E-state index contributed by atoms with van der Waals surface area (Å²) in [5, 5.41) is 27.4. The average molecular weight is 437 g/mol. The molecule has 0 bridgehead atoms. The third-order valence-corrected chi connectivity index (χ3v) is 3.96. The SMILES string of the molecule is O=C(CNc1ccc2c(c1)OCO2)N/N=C/c1cc(Br)cc([N+](=O)[O-])c1O. The Bertz CT molecular complexity index is 933. The van der Waals surface area contributed by atoms with Crippen molar-refractivity contribution in [1.82, 2.24) is 5.43 Å². The van der Waals surface area contributed by atoms with Gasteiger partial charge in [-0.25, -0.2) is 5.43 Å². The Morgan fingerprint density at radius 2 is 2.11 bits per heavy atom. The molecular formula is C16H13BrN4O6. The van der Waals surface area contributed by atoms with E-state index >= 15 is 0 Å². The van der Waals surface area contributed by atoms with Gasteiger partial charge in [-0.15, -0.1) is 0 Å². The number of amides is 1. The average Bonchev–Trinajstić information content (AvgIpc) is 3.10. The van der Waals surface area contributed by atoms with E-state index in [4.69, 9.17) is 9.47 Å². The first-order valence-electron chi connectivity index (χ1n) is 7.56. The molecule has 2 aromatic rings. The first-order valence-corrected chi connectivity index (χ1v) is 8.35. The zero-order chi connectivity index (χ0) is 19.4. The third kappa shape index (κ3) is 4.44. The fraction of sp³-hybridized carbons (Fsp3) is 0.125. The molecule has 11 heteroatoms. The molecule has 0 fully saturated rings. The van der Waals surface area contributed by atoms with E-state index in [2.05, 4.69) is 31.8 Å². The number of nitro benzene ring substituents is 1. The number of halogens is 1. The molecule has 1 amide bonds. The van der Waals surface area contributed by atoms with Crippen molar-refractivity contribution in [2.24, 2.45) is 5.10 Å². The van der Waals surface area contributed by atoms with E-state index in [1.165, 1.54) is 12.1 Å². The largest absolute Gasteiger partial charge is 0.502 e. The van der Waals surface area contributed by atoms with E-state index in [-0.39, 0.29) is 18.9 Å². The van der Waals surface area contributed by atoms with Crippen LogP contribution in [0.25, 0.3) is 0 Å². The molecule has 1 aliphatic heterocycles. The van der Waals surface area contributed by atoms with Crippen LogP contribution in [0.1, 0.15) is 5.56 Å². The Morgan fingerprint density at radius 3 is 2.89 bits per heavy atom. The minimum Gasteiger partial charge on any atom is -0.502 e. The van der Waals surface area contributed by atoms with Crippen LogP contribution in [0.5, 0.6) is 17.2 Å². The fourth-order valence-corrected chi connectivity index (χ4v) is 2.71. The molecule has 27 heavy (non-hydrogen) atoms. The van der Waals surface area contributed by atoms with Gasteiger partial charge < -0.3 is 19.9 Å². The smallest absolute Gasteiger partial charge is 0.312 e. The number of hydrazone groups is 1. The van der Waals surface area contributed by atoms with Crippen molar-refractivity contribution in [3.63, 3.8) is 0 Å². The Kier molecular flexibility index (Phi) is 5.41. The number of anilines is 1. The monoisotopic (exact) mass is 436 g/mol. The summed E-state index contributed by atoms with van der Waals surface area (Å²) in [4.78, 5) is 22.0. The minimum absolute atomic E-state index is 0.0679. The molecule has 3 rings (SSSR count). The number of aromatic hydroxyl groups is 1. The number of benzene rings is 2. The second-order valence-corrected chi connectivity index (χ2v) is 6.25. The maximum Gasteiger partial charge on any atom is 0.312 e. The van der Waals surface area contributed by atoms with Gasteiger partial charge in [-0.2, -0.15) is 5.10 Å². The first kappa shape index (κ1) is 18.5. The van der Waals surface area contributed by atoms with Gasteiger partial charge in [0.2, 0.25) is 12.5 Å². The summed E-state index contributed by atoms with van der Waals surface area (Å²) < 4.78 is 10.8. The van der Waals surface area contributed by atoms with Crippen LogP contribution >= 0.6 is 15.9 Å². The van der Waals surface area contributed by atoms with E-state index in [9.17, 15) is 20.0 Å². The molecule has 0 saturated carbocycles. The maximum atomic E-state index is 11.8. The standard InChI is InChI=1S/C16H13BrN4O6/c17-10-3-9(16(23)12(4-10)21(24)25)6-19-20-15(22)7-18-11-1-2-13-14(5-11)27-8-26-13/h1-6,18,23H,7-8H2,(H,20,22)/b19-6+. The van der Waals surface area contributed by atoms with E-state index in [0.717, 1.165) is 6.21 Å². The van der Waals surface area contributed by atoms with Crippen molar-refractivity contribution in [1.29, 1.82) is 0 Å². The van der Waals surface area contributed by atoms with Gasteiger partial charge in [-0.05, 0) is 18.2 Å². The number of hydrogen-bond donors (Lipinski definition) is 3. The highest BCUT2D eigenvalue weighted by Crippen LogP contribution is 2.34. The highest BCUT2D eigenvalue weighted by molar-refractivity contribution is 9.10. The van der Waals surface area contributed by atoms with Gasteiger partial charge in [0.05, 0.1) is 17.7 Å². The van der Waals surface area contributed by atoms with Crippen molar-refractivity contribution < 1.29 is 24.3 Å². The van der Waals surface area contributed by atoms with Crippen LogP contribution in [0.4, 0.5) is 11.4 Å². The van der Waals surface area contributed by atoms with Crippen LogP contribution in [-0.2, 0) is 4.79 Å². The second kappa shape index (κ2) is 7.91. The lowest BCUT2D eigenvalue weighted by Gasteiger charge is -2.06. The molecule has 140 valence electrons. The normalized spacial score (nSPS) is 12.2. The molecule has 2 aromatic carbocycles. The zero-order valence-electron chi connectivity index (χ0n) is 13.6. The summed E-state index contributed by atoms with van der Waals surface area (Å²) in [6, 6.07) is 7.77. The Morgan fingerprint density at radius 1 is 1.33 bits per heavy atom. The highest BCUT2D eigenvalue weighted by Gasteiger charge is 2.17. The molecule has 1 heterocycles. The summed E-state index contributed by atoms with van der Waals surface area (Å²) >= 11 is 3.11. The number of nitrogens with zero attached hydrogens (tertiary/aromatic N) is 2. The molecule has 0 aliphatic carbocycles. The number of phenols is 1. The highest BCUT2D eigenvalue weighted by atomic mass is 79.9. The second-order valence-electron chi connectivity index (χ2n) is 5.33. The summed E-state index contributed by atoms with van der Waals surface area (Å²) in [7, 11) is 0. The summed E-state index contributed by atoms with van der Waals surface area (Å²) in [5.41, 5.74) is 2.54. The Hall–Kier alpha value is -3.34. The molecule has 0 spiro atoms. The van der Waals surface area contributed by atoms with Gasteiger partial charge in [0.15, 0.2) is 11.5 Å². The summed E-state index contributed by atoms with van der Waals surface area (Å²) in [6.07, 6.45) is 1.12. The van der Waals surface area contributed by atoms with Gasteiger partial charge >= 0.3 is 5.69 Å². The number of ether oxygens (including phenoxy) is 2. The van der Waals surface area contributed by atoms with Crippen molar-refractivity contribution in [3.8, 4) is 17.2 Å². The number of hydrogen-bond acceptors (Lipinski definition) is 8. The number of phenolic OH excluding ortho intramolecular Hbond substituents is 1. The Balaban J connectivity index is 1.57. The number of nitro groups is 1. The van der Waals surface area contributed by atoms with Gasteiger partial charge in [-0.3, -0.25) is 14.9 Å². The van der Waals surface area contributed by atoms with Crippen molar-refractivity contribution in [2.45, 2.75) is 0 Å². The van der Waals surface area contributed by atoms with Crippen molar-refractivity contribution in [3.05, 3.63) is 50.5 Å². The van der Waals surface area contributed by atoms with Crippen LogP contribution in [0.15, 0.2) is 39.9 Å². The number of carbonyl (C=O) groups excluding carboxylic acids is 1. The Labute approximate surface area is 161 Å². The molecule has 3 N–H and O–H groups in total. The summed E-state index contributed by atoms with van der Waals surface area (Å²) in [5.74, 6) is 0.232. The van der Waals surface area contributed by atoms with Crippen LogP contribution in [0.3, 0.4) is 0 Å². The van der Waals surface area contributed by atoms with E-state index in [1.54, 1.807) is 18.2 Å². The van der Waals surface area contributed by atoms with Crippen LogP contribution in [-0.4, -0.2) is 35.5 Å². The number of nitrogens with one attached hydrogen (secondary N) is 2. The van der Waals surface area contributed by atoms with E-state index in [0.29, 0.717) is 21.7 Å². The number of fused-ring (bicyclic) bond motifs is 1. The predicted molar refractivity (Wildman–Crippen MR) is 99.3 cm³/mol. The summed E-state index contributed by atoms with van der Waals surface area (Å²) in [6.45, 7) is 0.0934. The first-order chi connectivity index (χ1) is 12.9. The molecule has 0 atom stereocenters. The number of rotatable bonds is 6. The van der Waals surface area contributed by atoms with Gasteiger partial charge in [0.1, 0.15) is 0 Å². The topological polar surface area (TPSA) is 135 Å². The number of carbonyl (C=O) groups is 1. The van der Waals surface area contributed by atoms with Crippen LogP contribution < -0.4 is 20.2 Å². The molecule has 0 aromatic heterocycles. The van der Waals surface area contributed by atoms with Crippen molar-refractivity contribution in [2.75, 3.05) is 18.7 Å². The van der Waals surface area contributed by atoms with Gasteiger partial charge in [0.25, 0.3) is 5.91 Å². The molecule has 0 unspecified atom stereocenters. The molecule has 0 saturated heterocycles. The molecule has 1 aliphatic rings. The van der Waals surface area contributed by atoms with Crippen LogP contribution in [0, 0.1) is 10.1 Å². The third-order valence-electron chi connectivity index (χ3n) is 3.50. The van der Waals surface area contributed by atoms with Gasteiger partial charge in [0, 0.05) is 27.9 Å². The lowest BCUT2D eigenvalue weighted by molar-refractivity contribution is -0.385. The molecule has 10 nitrogen and oxygen atoms in total. The van der Waals surface area contributed by atoms with E-state index < -0.39 is 22.3 Å². The minimum atomic E-state index is -0.717. The quantitative estimate of drug-likeness (QED) is 0.359. The lowest BCUT2D eigenvalue weighted by Crippen LogP contribution is -2.25. The van der Waals surface area contributed by atoms with Crippen molar-refractivity contribution >= 4 is 39.4 Å². The maximum absolute atomic E-state index is 11.8. The lowest BCUT2D eigenvalue weighted by atomic mass is 10.2. The van der Waals surface area contributed by atoms with Crippen LogP contribution in [0.2, 0.25) is 0 Å². The molecule has 0 radical (unpaired) electrons. The zero-order valence-corrected chi connectivity index (χ0v) is 15.2. The fourth-order valence-electron chi connectivity index (χ4n) is 2.25. The molecular weight excluding hydrogens is 424 g/mol. The van der Waals surface area contributed by atoms with Gasteiger partial charge in [-0.1, -0.05) is 15.9 Å².